The number of aryl methyl sites for hydroxylation is 1. The minimum atomic E-state index is -0.326. The quantitative estimate of drug-likeness (QED) is 0.886. The molecule has 0 fully saturated rings. The lowest BCUT2D eigenvalue weighted by atomic mass is 10.1. The summed E-state index contributed by atoms with van der Waals surface area (Å²) in [5.74, 6) is 1.37. The second kappa shape index (κ2) is 6.41. The Kier molecular flexibility index (Phi) is 4.35. The van der Waals surface area contributed by atoms with Crippen molar-refractivity contribution in [2.24, 2.45) is 0 Å². The van der Waals surface area contributed by atoms with E-state index < -0.39 is 0 Å². The van der Waals surface area contributed by atoms with Gasteiger partial charge in [-0.2, -0.15) is 5.10 Å². The summed E-state index contributed by atoms with van der Waals surface area (Å²) < 4.78 is 1.88. The lowest BCUT2D eigenvalue weighted by Gasteiger charge is -2.26. The average molecular weight is 321 g/mol. The fraction of sp³-hybridized carbons (Fsp3) is 0.429. The van der Waals surface area contributed by atoms with Gasteiger partial charge in [-0.15, -0.1) is 0 Å². The number of pyridine rings is 1. The number of fused-ring (bicyclic) bond motifs is 1. The number of anilines is 1. The maximum Gasteiger partial charge on any atom is 0.242 e. The first-order chi connectivity index (χ1) is 10.6. The van der Waals surface area contributed by atoms with E-state index in [4.69, 9.17) is 11.6 Å². The van der Waals surface area contributed by atoms with Gasteiger partial charge in [-0.25, -0.2) is 14.6 Å². The van der Waals surface area contributed by atoms with E-state index in [1.165, 1.54) is 6.20 Å². The molecule has 2 aromatic heterocycles. The summed E-state index contributed by atoms with van der Waals surface area (Å²) in [5.41, 5.74) is 0. The van der Waals surface area contributed by atoms with E-state index in [0.29, 0.717) is 10.8 Å². The molecule has 3 rings (SSSR count). The highest BCUT2D eigenvalue weighted by atomic mass is 35.5. The lowest BCUT2D eigenvalue weighted by molar-refractivity contribution is -0.118. The molecule has 8 heteroatoms. The van der Waals surface area contributed by atoms with Crippen LogP contribution in [0.1, 0.15) is 19.2 Å². The minimum Gasteiger partial charge on any atom is -0.309 e. The molecule has 2 unspecified atom stereocenters. The Morgan fingerprint density at radius 2 is 2.32 bits per heavy atom. The zero-order chi connectivity index (χ0) is 15.5. The Morgan fingerprint density at radius 1 is 1.45 bits per heavy atom. The van der Waals surface area contributed by atoms with Crippen LogP contribution in [0.2, 0.25) is 5.02 Å². The van der Waals surface area contributed by atoms with Crippen molar-refractivity contribution in [3.05, 3.63) is 35.5 Å². The summed E-state index contributed by atoms with van der Waals surface area (Å²) >= 11 is 5.77. The molecule has 3 heterocycles. The predicted molar refractivity (Wildman–Crippen MR) is 82.6 cm³/mol. The van der Waals surface area contributed by atoms with Gasteiger partial charge in [-0.1, -0.05) is 11.6 Å². The molecular weight excluding hydrogens is 304 g/mol. The number of halogens is 1. The first kappa shape index (κ1) is 14.9. The molecule has 0 bridgehead atoms. The highest BCUT2D eigenvalue weighted by Gasteiger charge is 2.23. The molecule has 1 aliphatic heterocycles. The molecular formula is C14H17ClN6O. The van der Waals surface area contributed by atoms with E-state index in [1.54, 1.807) is 18.5 Å². The van der Waals surface area contributed by atoms with Crippen LogP contribution in [0.5, 0.6) is 0 Å². The smallest absolute Gasteiger partial charge is 0.242 e. The molecule has 2 N–H and O–H groups in total. The topological polar surface area (TPSA) is 84.7 Å². The van der Waals surface area contributed by atoms with Crippen molar-refractivity contribution in [2.45, 2.75) is 38.4 Å². The van der Waals surface area contributed by atoms with Crippen molar-refractivity contribution in [1.29, 1.82) is 0 Å². The van der Waals surface area contributed by atoms with Crippen molar-refractivity contribution in [3.63, 3.8) is 0 Å². The summed E-state index contributed by atoms with van der Waals surface area (Å²) in [4.78, 5) is 20.4. The second-order valence-electron chi connectivity index (χ2n) is 5.33. The fourth-order valence-corrected chi connectivity index (χ4v) is 2.60. The maximum atomic E-state index is 12.2. The molecule has 22 heavy (non-hydrogen) atoms. The van der Waals surface area contributed by atoms with Crippen LogP contribution in [-0.2, 0) is 17.8 Å². The van der Waals surface area contributed by atoms with Crippen molar-refractivity contribution in [3.8, 4) is 0 Å². The Labute approximate surface area is 133 Å². The molecule has 1 amide bonds. The largest absolute Gasteiger partial charge is 0.309 e. The van der Waals surface area contributed by atoms with Crippen LogP contribution < -0.4 is 10.6 Å². The third-order valence-electron chi connectivity index (χ3n) is 3.66. The number of carbonyl (C=O) groups excluding carboxylic acids is 1. The summed E-state index contributed by atoms with van der Waals surface area (Å²) in [5, 5.41) is 10.8. The number of carbonyl (C=O) groups is 1. The molecule has 116 valence electrons. The maximum absolute atomic E-state index is 12.2. The monoisotopic (exact) mass is 320 g/mol. The molecule has 0 spiro atoms. The summed E-state index contributed by atoms with van der Waals surface area (Å²) in [7, 11) is 0. The van der Waals surface area contributed by atoms with Gasteiger partial charge < -0.3 is 10.6 Å². The minimum absolute atomic E-state index is 0.126. The molecule has 0 aliphatic carbocycles. The van der Waals surface area contributed by atoms with Gasteiger partial charge >= 0.3 is 0 Å². The first-order valence-corrected chi connectivity index (χ1v) is 7.55. The first-order valence-electron chi connectivity index (χ1n) is 7.17. The van der Waals surface area contributed by atoms with E-state index >= 15 is 0 Å². The van der Waals surface area contributed by atoms with Crippen molar-refractivity contribution < 1.29 is 4.79 Å². The van der Waals surface area contributed by atoms with Crippen LogP contribution in [0.25, 0.3) is 0 Å². The summed E-state index contributed by atoms with van der Waals surface area (Å²) in [6, 6.07) is 3.24. The fourth-order valence-electron chi connectivity index (χ4n) is 2.49. The highest BCUT2D eigenvalue weighted by molar-refractivity contribution is 6.30. The van der Waals surface area contributed by atoms with Gasteiger partial charge in [0, 0.05) is 18.7 Å². The van der Waals surface area contributed by atoms with Crippen LogP contribution in [0.4, 0.5) is 5.82 Å². The van der Waals surface area contributed by atoms with Crippen molar-refractivity contribution >= 4 is 23.3 Å². The number of amides is 1. The Morgan fingerprint density at radius 3 is 3.09 bits per heavy atom. The summed E-state index contributed by atoms with van der Waals surface area (Å²) in [6.07, 6.45) is 4.88. The van der Waals surface area contributed by atoms with Crippen LogP contribution in [-0.4, -0.2) is 37.7 Å². The van der Waals surface area contributed by atoms with Gasteiger partial charge in [0.05, 0.1) is 17.6 Å². The van der Waals surface area contributed by atoms with Crippen LogP contribution in [0, 0.1) is 0 Å². The van der Waals surface area contributed by atoms with Crippen LogP contribution in [0.3, 0.4) is 0 Å². The number of rotatable bonds is 4. The number of nitrogens with one attached hydrogen (secondary N) is 2. The summed E-state index contributed by atoms with van der Waals surface area (Å²) in [6.45, 7) is 2.56. The molecule has 2 aromatic rings. The standard InChI is InChI=1S/C14H17ClN6O/c1-9(14(22)20-12-4-2-10(15)6-16-12)19-11-3-5-13-17-8-18-21(13)7-11/h2,4,6,8-9,11,19H,3,5,7H2,1H3,(H,16,20,22). The lowest BCUT2D eigenvalue weighted by Crippen LogP contribution is -2.47. The van der Waals surface area contributed by atoms with Crippen LogP contribution >= 0.6 is 11.6 Å². The average Bonchev–Trinajstić information content (AvgIpc) is 2.97. The Balaban J connectivity index is 1.54. The number of hydrogen-bond donors (Lipinski definition) is 2. The van der Waals surface area contributed by atoms with E-state index in [1.807, 2.05) is 11.6 Å². The number of nitrogens with zero attached hydrogens (tertiary/aromatic N) is 4. The Bertz CT molecular complexity index is 656. The van der Waals surface area contributed by atoms with Gasteiger partial charge in [-0.05, 0) is 25.5 Å². The molecule has 0 saturated carbocycles. The van der Waals surface area contributed by atoms with Crippen LogP contribution in [0.15, 0.2) is 24.7 Å². The van der Waals surface area contributed by atoms with Crippen molar-refractivity contribution in [1.82, 2.24) is 25.1 Å². The number of hydrogen-bond acceptors (Lipinski definition) is 5. The molecule has 0 aromatic carbocycles. The second-order valence-corrected chi connectivity index (χ2v) is 5.77. The zero-order valence-electron chi connectivity index (χ0n) is 12.2. The van der Waals surface area contributed by atoms with E-state index in [0.717, 1.165) is 25.2 Å². The van der Waals surface area contributed by atoms with Gasteiger partial charge in [0.15, 0.2) is 0 Å². The molecule has 2 atom stereocenters. The molecule has 0 saturated heterocycles. The normalized spacial score (nSPS) is 18.5. The van der Waals surface area contributed by atoms with E-state index in [-0.39, 0.29) is 18.0 Å². The molecule has 0 radical (unpaired) electrons. The Hall–Kier alpha value is -1.99. The van der Waals surface area contributed by atoms with Crippen molar-refractivity contribution in [2.75, 3.05) is 5.32 Å². The molecule has 1 aliphatic rings. The van der Waals surface area contributed by atoms with Gasteiger partial charge in [0.25, 0.3) is 0 Å². The van der Waals surface area contributed by atoms with Gasteiger partial charge in [0.1, 0.15) is 18.0 Å². The SMILES string of the molecule is CC(NC1CCc2ncnn2C1)C(=O)Nc1ccc(Cl)cn1. The molecule has 7 nitrogen and oxygen atoms in total. The van der Waals surface area contributed by atoms with Gasteiger partial charge in [0.2, 0.25) is 5.91 Å². The third kappa shape index (κ3) is 3.42. The van der Waals surface area contributed by atoms with Gasteiger partial charge in [-0.3, -0.25) is 4.79 Å². The van der Waals surface area contributed by atoms with E-state index in [2.05, 4.69) is 25.7 Å². The van der Waals surface area contributed by atoms with E-state index in [9.17, 15) is 4.79 Å². The number of aromatic nitrogens is 4. The zero-order valence-corrected chi connectivity index (χ0v) is 12.9. The predicted octanol–water partition coefficient (Wildman–Crippen LogP) is 1.26. The third-order valence-corrected chi connectivity index (χ3v) is 3.89. The highest BCUT2D eigenvalue weighted by Crippen LogP contribution is 2.13.